The van der Waals surface area contributed by atoms with Crippen LogP contribution in [-0.4, -0.2) is 17.4 Å². The molecule has 0 aliphatic heterocycles. The van der Waals surface area contributed by atoms with Crippen molar-refractivity contribution in [2.24, 2.45) is 0 Å². The average molecular weight is 313 g/mol. The molecule has 0 bridgehead atoms. The normalized spacial score (nSPS) is 15.3. The van der Waals surface area contributed by atoms with Gasteiger partial charge in [0.15, 0.2) is 5.65 Å². The van der Waals surface area contributed by atoms with Gasteiger partial charge in [-0.3, -0.25) is 0 Å². The van der Waals surface area contributed by atoms with Crippen molar-refractivity contribution in [3.8, 4) is 0 Å². The van der Waals surface area contributed by atoms with Gasteiger partial charge >= 0.3 is 0 Å². The van der Waals surface area contributed by atoms with Gasteiger partial charge in [0.05, 0.1) is 16.8 Å². The van der Waals surface area contributed by atoms with Crippen molar-refractivity contribution in [1.82, 2.24) is 8.96 Å². The molecule has 2 N–H and O–H groups in total. The number of nitrogen functional groups attached to an aromatic ring is 1. The molecule has 5 nitrogen and oxygen atoms in total. The van der Waals surface area contributed by atoms with Crippen molar-refractivity contribution in [3.05, 3.63) is 54.4 Å². The Morgan fingerprint density at radius 1 is 1.18 bits per heavy atom. The van der Waals surface area contributed by atoms with Crippen LogP contribution in [0.25, 0.3) is 11.0 Å². The number of nitrogens with two attached hydrogens (primary N) is 1. The van der Waals surface area contributed by atoms with Crippen molar-refractivity contribution in [2.75, 3.05) is 5.73 Å². The smallest absolute Gasteiger partial charge is 0.269 e. The molecule has 6 heteroatoms. The third-order valence-corrected chi connectivity index (χ3v) is 5.65. The minimum absolute atomic E-state index is 0.257. The molecule has 112 valence electrons. The minimum atomic E-state index is -3.65. The summed E-state index contributed by atoms with van der Waals surface area (Å²) < 4.78 is 27.0. The van der Waals surface area contributed by atoms with Gasteiger partial charge in [-0.2, -0.15) is 0 Å². The zero-order valence-electron chi connectivity index (χ0n) is 11.8. The molecule has 1 aliphatic carbocycles. The maximum absolute atomic E-state index is 12.9. The van der Waals surface area contributed by atoms with E-state index in [1.165, 1.54) is 10.2 Å². The van der Waals surface area contributed by atoms with Gasteiger partial charge in [-0.15, -0.1) is 0 Å². The highest BCUT2D eigenvalue weighted by Crippen LogP contribution is 2.44. The molecule has 1 fully saturated rings. The first-order valence-electron chi connectivity index (χ1n) is 7.14. The SMILES string of the molecule is Nc1cnc2c(c1)c(C1CC1)cn2S(=O)(=O)c1ccccc1. The molecule has 0 unspecified atom stereocenters. The Labute approximate surface area is 128 Å². The van der Waals surface area contributed by atoms with E-state index in [0.29, 0.717) is 17.3 Å². The topological polar surface area (TPSA) is 78.0 Å². The molecule has 0 saturated heterocycles. The molecule has 0 spiro atoms. The summed E-state index contributed by atoms with van der Waals surface area (Å²) in [5, 5.41) is 0.835. The summed E-state index contributed by atoms with van der Waals surface area (Å²) in [6.07, 6.45) is 5.37. The van der Waals surface area contributed by atoms with Crippen molar-refractivity contribution in [1.29, 1.82) is 0 Å². The van der Waals surface area contributed by atoms with Gasteiger partial charge in [-0.25, -0.2) is 17.4 Å². The van der Waals surface area contributed by atoms with E-state index in [1.54, 1.807) is 36.5 Å². The third-order valence-electron chi connectivity index (χ3n) is 3.98. The van der Waals surface area contributed by atoms with Crippen molar-refractivity contribution < 1.29 is 8.42 Å². The number of hydrogen-bond donors (Lipinski definition) is 1. The van der Waals surface area contributed by atoms with E-state index in [1.807, 2.05) is 6.07 Å². The quantitative estimate of drug-likeness (QED) is 0.806. The average Bonchev–Trinajstić information content (AvgIpc) is 3.29. The number of anilines is 1. The number of fused-ring (bicyclic) bond motifs is 1. The van der Waals surface area contributed by atoms with E-state index in [2.05, 4.69) is 4.98 Å². The summed E-state index contributed by atoms with van der Waals surface area (Å²) in [6.45, 7) is 0. The first kappa shape index (κ1) is 13.3. The van der Waals surface area contributed by atoms with Gasteiger partial charge in [0.25, 0.3) is 10.0 Å². The summed E-state index contributed by atoms with van der Waals surface area (Å²) in [6, 6.07) is 10.2. The predicted octanol–water partition coefficient (Wildman–Crippen LogP) is 2.73. The van der Waals surface area contributed by atoms with E-state index < -0.39 is 10.0 Å². The number of benzene rings is 1. The molecule has 1 aromatic carbocycles. The van der Waals surface area contributed by atoms with Gasteiger partial charge in [0, 0.05) is 11.6 Å². The van der Waals surface area contributed by atoms with E-state index in [-0.39, 0.29) is 4.90 Å². The number of aromatic nitrogens is 2. The van der Waals surface area contributed by atoms with E-state index in [4.69, 9.17) is 5.73 Å². The zero-order valence-corrected chi connectivity index (χ0v) is 12.6. The van der Waals surface area contributed by atoms with Crippen LogP contribution in [0, 0.1) is 0 Å². The molecule has 1 aliphatic rings. The number of rotatable bonds is 3. The van der Waals surface area contributed by atoms with Gasteiger partial charge in [0.1, 0.15) is 0 Å². The molecular weight excluding hydrogens is 298 g/mol. The lowest BCUT2D eigenvalue weighted by molar-refractivity contribution is 0.588. The van der Waals surface area contributed by atoms with Crippen molar-refractivity contribution in [3.63, 3.8) is 0 Å². The zero-order chi connectivity index (χ0) is 15.3. The van der Waals surface area contributed by atoms with Crippen molar-refractivity contribution >= 4 is 26.7 Å². The highest BCUT2D eigenvalue weighted by atomic mass is 32.2. The van der Waals surface area contributed by atoms with Crippen LogP contribution in [0.1, 0.15) is 24.3 Å². The highest BCUT2D eigenvalue weighted by molar-refractivity contribution is 7.90. The number of hydrogen-bond acceptors (Lipinski definition) is 4. The Balaban J connectivity index is 2.00. The van der Waals surface area contributed by atoms with Gasteiger partial charge in [-0.1, -0.05) is 18.2 Å². The molecule has 0 atom stereocenters. The first-order chi connectivity index (χ1) is 10.6. The lowest BCUT2D eigenvalue weighted by Gasteiger charge is -2.06. The number of pyridine rings is 1. The monoisotopic (exact) mass is 313 g/mol. The second-order valence-corrected chi connectivity index (χ2v) is 7.43. The Hall–Kier alpha value is -2.34. The molecule has 22 heavy (non-hydrogen) atoms. The second-order valence-electron chi connectivity index (χ2n) is 5.61. The van der Waals surface area contributed by atoms with Crippen LogP contribution in [0.15, 0.2) is 53.7 Å². The third kappa shape index (κ3) is 1.99. The number of nitrogens with zero attached hydrogens (tertiary/aromatic N) is 2. The fourth-order valence-electron chi connectivity index (χ4n) is 2.73. The van der Waals surface area contributed by atoms with Crippen LogP contribution in [0.3, 0.4) is 0 Å². The lowest BCUT2D eigenvalue weighted by atomic mass is 10.1. The Morgan fingerprint density at radius 3 is 2.59 bits per heavy atom. The standard InChI is InChI=1S/C16H15N3O2S/c17-12-8-14-15(11-6-7-11)10-19(16(14)18-9-12)22(20,21)13-4-2-1-3-5-13/h1-5,8-11H,6-7,17H2. The van der Waals surface area contributed by atoms with Crippen LogP contribution in [0.5, 0.6) is 0 Å². The first-order valence-corrected chi connectivity index (χ1v) is 8.58. The molecule has 1 saturated carbocycles. The van der Waals surface area contributed by atoms with Crippen LogP contribution >= 0.6 is 0 Å². The fourth-order valence-corrected chi connectivity index (χ4v) is 4.08. The largest absolute Gasteiger partial charge is 0.397 e. The van der Waals surface area contributed by atoms with Crippen LogP contribution < -0.4 is 5.73 Å². The van der Waals surface area contributed by atoms with E-state index in [0.717, 1.165) is 23.8 Å². The molecule has 0 amide bonds. The fraction of sp³-hybridized carbons (Fsp3) is 0.188. The van der Waals surface area contributed by atoms with Gasteiger partial charge in [0.2, 0.25) is 0 Å². The molecule has 4 rings (SSSR count). The van der Waals surface area contributed by atoms with E-state index >= 15 is 0 Å². The Kier molecular flexibility index (Phi) is 2.77. The van der Waals surface area contributed by atoms with Gasteiger partial charge < -0.3 is 5.73 Å². The van der Waals surface area contributed by atoms with Crippen LogP contribution in [-0.2, 0) is 10.0 Å². The predicted molar refractivity (Wildman–Crippen MR) is 85.1 cm³/mol. The lowest BCUT2D eigenvalue weighted by Crippen LogP contribution is -2.12. The summed E-state index contributed by atoms with van der Waals surface area (Å²) >= 11 is 0. The summed E-state index contributed by atoms with van der Waals surface area (Å²) in [4.78, 5) is 4.52. The van der Waals surface area contributed by atoms with Gasteiger partial charge in [-0.05, 0) is 42.5 Å². The summed E-state index contributed by atoms with van der Waals surface area (Å²) in [7, 11) is -3.65. The summed E-state index contributed by atoms with van der Waals surface area (Å²) in [5.41, 5.74) is 7.83. The maximum atomic E-state index is 12.9. The second kappa shape index (κ2) is 4.58. The van der Waals surface area contributed by atoms with Crippen LogP contribution in [0.2, 0.25) is 0 Å². The molecule has 2 aromatic heterocycles. The molecule has 0 radical (unpaired) electrons. The highest BCUT2D eigenvalue weighted by Gasteiger charge is 2.30. The summed E-state index contributed by atoms with van der Waals surface area (Å²) in [5.74, 6) is 0.415. The minimum Gasteiger partial charge on any atom is -0.397 e. The maximum Gasteiger partial charge on any atom is 0.269 e. The van der Waals surface area contributed by atoms with Crippen LogP contribution in [0.4, 0.5) is 5.69 Å². The Morgan fingerprint density at radius 2 is 1.91 bits per heavy atom. The molecule has 2 heterocycles. The van der Waals surface area contributed by atoms with Crippen molar-refractivity contribution in [2.45, 2.75) is 23.7 Å². The Bertz CT molecular complexity index is 958. The molecule has 3 aromatic rings. The van der Waals surface area contributed by atoms with E-state index in [9.17, 15) is 8.42 Å². The molecular formula is C16H15N3O2S.